The van der Waals surface area contributed by atoms with Crippen LogP contribution >= 0.6 is 23.2 Å². The first-order chi connectivity index (χ1) is 15.3. The zero-order chi connectivity index (χ0) is 23.3. The van der Waals surface area contributed by atoms with Gasteiger partial charge in [0.1, 0.15) is 12.4 Å². The summed E-state index contributed by atoms with van der Waals surface area (Å²) in [5.41, 5.74) is 2.84. The second-order valence-corrected chi connectivity index (χ2v) is 7.83. The van der Waals surface area contributed by atoms with Gasteiger partial charge in [-0.2, -0.15) is 0 Å². The second-order valence-electron chi connectivity index (χ2n) is 7.02. The molecule has 168 valence electrons. The highest BCUT2D eigenvalue weighted by Crippen LogP contribution is 2.38. The number of carboxylic acid groups (broad SMARTS) is 1. The molecule has 0 radical (unpaired) electrons. The van der Waals surface area contributed by atoms with E-state index >= 15 is 0 Å². The highest BCUT2D eigenvalue weighted by atomic mass is 35.5. The first-order valence-electron chi connectivity index (χ1n) is 9.88. The zero-order valence-corrected chi connectivity index (χ0v) is 19.1. The summed E-state index contributed by atoms with van der Waals surface area (Å²) in [5, 5.41) is 13.0. The Labute approximate surface area is 195 Å². The molecule has 0 heterocycles. The quantitative estimate of drug-likeness (QED) is 0.357. The van der Waals surface area contributed by atoms with E-state index in [-0.39, 0.29) is 22.8 Å². The number of ether oxygens (including phenoxy) is 2. The number of carbonyl (C=O) groups is 1. The van der Waals surface area contributed by atoms with E-state index in [1.165, 1.54) is 12.1 Å². The van der Waals surface area contributed by atoms with Gasteiger partial charge in [-0.15, -0.1) is 0 Å². The van der Waals surface area contributed by atoms with Gasteiger partial charge in [0.05, 0.1) is 22.2 Å². The van der Waals surface area contributed by atoms with Crippen molar-refractivity contribution in [1.82, 2.24) is 0 Å². The third-order valence-electron chi connectivity index (χ3n) is 4.76. The van der Waals surface area contributed by atoms with Gasteiger partial charge in [0.25, 0.3) is 0 Å². The third kappa shape index (κ3) is 5.64. The molecular weight excluding hydrogens is 456 g/mol. The molecule has 0 spiro atoms. The second kappa shape index (κ2) is 10.6. The standard InChI is InChI=1S/C24H22Cl2FNO4/c1-3-31-22-10-15(12-28-21-11-16(24(29)30)8-7-14(21)2)9-19(26)23(22)32-13-17-18(25)5-4-6-20(17)27/h4-11,28H,3,12-13H2,1-2H3,(H,29,30). The van der Waals surface area contributed by atoms with E-state index in [9.17, 15) is 14.3 Å². The summed E-state index contributed by atoms with van der Waals surface area (Å²) >= 11 is 12.5. The summed E-state index contributed by atoms with van der Waals surface area (Å²) in [6, 6.07) is 12.8. The molecule has 3 aromatic rings. The van der Waals surface area contributed by atoms with Gasteiger partial charge in [-0.3, -0.25) is 0 Å². The molecule has 0 saturated carbocycles. The Hall–Kier alpha value is -2.96. The molecular formula is C24H22Cl2FNO4. The number of anilines is 1. The van der Waals surface area contributed by atoms with Gasteiger partial charge in [-0.05, 0) is 61.4 Å². The molecule has 2 N–H and O–H groups in total. The van der Waals surface area contributed by atoms with Crippen LogP contribution in [0.3, 0.4) is 0 Å². The molecule has 32 heavy (non-hydrogen) atoms. The maximum Gasteiger partial charge on any atom is 0.335 e. The van der Waals surface area contributed by atoms with Crippen LogP contribution in [0, 0.1) is 12.7 Å². The lowest BCUT2D eigenvalue weighted by Crippen LogP contribution is -2.06. The van der Waals surface area contributed by atoms with Crippen LogP contribution in [0.1, 0.15) is 34.0 Å². The largest absolute Gasteiger partial charge is 0.490 e. The summed E-state index contributed by atoms with van der Waals surface area (Å²) in [6.07, 6.45) is 0. The Morgan fingerprint density at radius 3 is 2.56 bits per heavy atom. The highest BCUT2D eigenvalue weighted by Gasteiger charge is 2.16. The van der Waals surface area contributed by atoms with Crippen LogP contribution < -0.4 is 14.8 Å². The van der Waals surface area contributed by atoms with E-state index in [2.05, 4.69) is 5.32 Å². The Morgan fingerprint density at radius 2 is 1.88 bits per heavy atom. The maximum absolute atomic E-state index is 14.1. The van der Waals surface area contributed by atoms with Crippen LogP contribution in [-0.2, 0) is 13.2 Å². The number of halogens is 3. The topological polar surface area (TPSA) is 67.8 Å². The minimum Gasteiger partial charge on any atom is -0.490 e. The van der Waals surface area contributed by atoms with Crippen molar-refractivity contribution in [3.05, 3.63) is 86.6 Å². The summed E-state index contributed by atoms with van der Waals surface area (Å²) in [6.45, 7) is 4.37. The molecule has 0 unspecified atom stereocenters. The number of hydrogen-bond acceptors (Lipinski definition) is 4. The molecule has 3 aromatic carbocycles. The zero-order valence-electron chi connectivity index (χ0n) is 17.5. The van der Waals surface area contributed by atoms with E-state index in [4.69, 9.17) is 32.7 Å². The number of benzene rings is 3. The number of rotatable bonds is 9. The molecule has 0 aliphatic rings. The van der Waals surface area contributed by atoms with Gasteiger partial charge >= 0.3 is 5.97 Å². The monoisotopic (exact) mass is 477 g/mol. The SMILES string of the molecule is CCOc1cc(CNc2cc(C(=O)O)ccc2C)cc(Cl)c1OCc1c(F)cccc1Cl. The molecule has 0 fully saturated rings. The van der Waals surface area contributed by atoms with E-state index in [0.717, 1.165) is 11.1 Å². The summed E-state index contributed by atoms with van der Waals surface area (Å²) in [7, 11) is 0. The van der Waals surface area contributed by atoms with E-state index in [0.29, 0.717) is 35.4 Å². The molecule has 0 aliphatic carbocycles. The normalized spacial score (nSPS) is 10.7. The third-order valence-corrected chi connectivity index (χ3v) is 5.39. The average Bonchev–Trinajstić information content (AvgIpc) is 2.74. The van der Waals surface area contributed by atoms with E-state index < -0.39 is 11.8 Å². The van der Waals surface area contributed by atoms with Gasteiger partial charge in [-0.1, -0.05) is 35.3 Å². The van der Waals surface area contributed by atoms with Crippen LogP contribution in [0.15, 0.2) is 48.5 Å². The van der Waals surface area contributed by atoms with Gasteiger partial charge in [-0.25, -0.2) is 9.18 Å². The van der Waals surface area contributed by atoms with Gasteiger partial charge < -0.3 is 19.9 Å². The summed E-state index contributed by atoms with van der Waals surface area (Å²) in [4.78, 5) is 11.2. The predicted octanol–water partition coefficient (Wildman–Crippen LogP) is 6.73. The smallest absolute Gasteiger partial charge is 0.335 e. The van der Waals surface area contributed by atoms with Crippen molar-refractivity contribution in [3.8, 4) is 11.5 Å². The van der Waals surface area contributed by atoms with Crippen LogP contribution in [-0.4, -0.2) is 17.7 Å². The Morgan fingerprint density at radius 1 is 1.09 bits per heavy atom. The van der Waals surface area contributed by atoms with Crippen molar-refractivity contribution in [2.75, 3.05) is 11.9 Å². The fraction of sp³-hybridized carbons (Fsp3) is 0.208. The fourth-order valence-corrected chi connectivity index (χ4v) is 3.59. The summed E-state index contributed by atoms with van der Waals surface area (Å²) < 4.78 is 25.5. The first-order valence-corrected chi connectivity index (χ1v) is 10.6. The number of hydrogen-bond donors (Lipinski definition) is 2. The van der Waals surface area contributed by atoms with Gasteiger partial charge in [0.15, 0.2) is 11.5 Å². The molecule has 0 aromatic heterocycles. The fourth-order valence-electron chi connectivity index (χ4n) is 3.08. The number of aryl methyl sites for hydroxylation is 1. The van der Waals surface area contributed by atoms with Crippen LogP contribution in [0.25, 0.3) is 0 Å². The van der Waals surface area contributed by atoms with Crippen LogP contribution in [0.2, 0.25) is 10.0 Å². The molecule has 0 saturated heterocycles. The molecule has 3 rings (SSSR count). The van der Waals surface area contributed by atoms with Crippen LogP contribution in [0.5, 0.6) is 11.5 Å². The van der Waals surface area contributed by atoms with Crippen molar-refractivity contribution in [3.63, 3.8) is 0 Å². The molecule has 0 atom stereocenters. The number of aromatic carboxylic acids is 1. The number of nitrogens with one attached hydrogen (secondary N) is 1. The minimum atomic E-state index is -0.994. The lowest BCUT2D eigenvalue weighted by atomic mass is 10.1. The predicted molar refractivity (Wildman–Crippen MR) is 124 cm³/mol. The lowest BCUT2D eigenvalue weighted by molar-refractivity contribution is 0.0697. The Kier molecular flexibility index (Phi) is 7.83. The molecule has 5 nitrogen and oxygen atoms in total. The highest BCUT2D eigenvalue weighted by molar-refractivity contribution is 6.32. The maximum atomic E-state index is 14.1. The minimum absolute atomic E-state index is 0.107. The van der Waals surface area contributed by atoms with Crippen molar-refractivity contribution >= 4 is 34.9 Å². The van der Waals surface area contributed by atoms with E-state index in [1.807, 2.05) is 13.8 Å². The van der Waals surface area contributed by atoms with Gasteiger partial charge in [0, 0.05) is 17.8 Å². The molecule has 0 bridgehead atoms. The average molecular weight is 478 g/mol. The Balaban J connectivity index is 1.81. The lowest BCUT2D eigenvalue weighted by Gasteiger charge is -2.17. The van der Waals surface area contributed by atoms with Gasteiger partial charge in [0.2, 0.25) is 0 Å². The summed E-state index contributed by atoms with van der Waals surface area (Å²) in [5.74, 6) is -0.751. The Bertz CT molecular complexity index is 1120. The van der Waals surface area contributed by atoms with Crippen molar-refractivity contribution < 1.29 is 23.8 Å². The van der Waals surface area contributed by atoms with Crippen molar-refractivity contribution in [1.29, 1.82) is 0 Å². The first kappa shape index (κ1) is 23.7. The molecule has 0 amide bonds. The molecule has 8 heteroatoms. The van der Waals surface area contributed by atoms with E-state index in [1.54, 1.807) is 36.4 Å². The molecule has 0 aliphatic heterocycles. The number of carboxylic acids is 1. The van der Waals surface area contributed by atoms with Crippen molar-refractivity contribution in [2.45, 2.75) is 27.0 Å². The van der Waals surface area contributed by atoms with Crippen LogP contribution in [0.4, 0.5) is 10.1 Å². The van der Waals surface area contributed by atoms with Crippen molar-refractivity contribution in [2.24, 2.45) is 0 Å².